The van der Waals surface area contributed by atoms with Gasteiger partial charge < -0.3 is 15.0 Å². The van der Waals surface area contributed by atoms with Gasteiger partial charge in [-0.1, -0.05) is 49.1 Å². The Kier molecular flexibility index (Phi) is 11.6. The molecule has 0 radical (unpaired) electrons. The summed E-state index contributed by atoms with van der Waals surface area (Å²) in [5, 5.41) is 10.8. The van der Waals surface area contributed by atoms with Crippen LogP contribution in [0, 0.1) is 0 Å². The lowest BCUT2D eigenvalue weighted by Gasteiger charge is -2.06. The van der Waals surface area contributed by atoms with Gasteiger partial charge in [0.2, 0.25) is 0 Å². The van der Waals surface area contributed by atoms with Gasteiger partial charge in [-0.05, 0) is 37.5 Å². The number of nitrogens with one attached hydrogen (secondary N) is 1. The molecule has 0 aliphatic rings. The zero-order valence-corrected chi connectivity index (χ0v) is 16.2. The van der Waals surface area contributed by atoms with Gasteiger partial charge in [0.05, 0.1) is 5.71 Å². The van der Waals surface area contributed by atoms with Crippen molar-refractivity contribution < 1.29 is 14.5 Å². The number of hydrogen-bond acceptors (Lipinski definition) is 5. The molecule has 1 aromatic carbocycles. The molecule has 0 aliphatic carbocycles. The van der Waals surface area contributed by atoms with E-state index in [0.29, 0.717) is 18.8 Å². The lowest BCUT2D eigenvalue weighted by Crippen LogP contribution is -2.24. The monoisotopic (exact) mass is 361 g/mol. The van der Waals surface area contributed by atoms with Crippen molar-refractivity contribution in [3.63, 3.8) is 0 Å². The SMILES string of the molecule is CC/C=N/OCCCO/N=C(\C)c1ccc(C(=O)NCCCCC)cc1. The molecule has 0 fully saturated rings. The highest BCUT2D eigenvalue weighted by Gasteiger charge is 2.05. The van der Waals surface area contributed by atoms with Gasteiger partial charge >= 0.3 is 0 Å². The first kappa shape index (κ1) is 21.7. The Morgan fingerprint density at radius 1 is 1.04 bits per heavy atom. The predicted octanol–water partition coefficient (Wildman–Crippen LogP) is 4.15. The van der Waals surface area contributed by atoms with E-state index in [9.17, 15) is 4.79 Å². The lowest BCUT2D eigenvalue weighted by molar-refractivity contribution is 0.0904. The Balaban J connectivity index is 2.34. The van der Waals surface area contributed by atoms with Crippen LogP contribution in [0.3, 0.4) is 0 Å². The van der Waals surface area contributed by atoms with Crippen molar-refractivity contribution in [2.24, 2.45) is 10.3 Å². The van der Waals surface area contributed by atoms with Gasteiger partial charge in [-0.25, -0.2) is 0 Å². The fourth-order valence-electron chi connectivity index (χ4n) is 2.10. The number of benzene rings is 1. The maximum atomic E-state index is 12.0. The number of hydrogen-bond donors (Lipinski definition) is 1. The summed E-state index contributed by atoms with van der Waals surface area (Å²) in [4.78, 5) is 22.4. The molecule has 6 heteroatoms. The van der Waals surface area contributed by atoms with Crippen LogP contribution in [0.5, 0.6) is 0 Å². The average molecular weight is 361 g/mol. The minimum Gasteiger partial charge on any atom is -0.396 e. The van der Waals surface area contributed by atoms with Gasteiger partial charge in [0.25, 0.3) is 5.91 Å². The normalized spacial score (nSPS) is 11.6. The first-order valence-corrected chi connectivity index (χ1v) is 9.38. The quantitative estimate of drug-likeness (QED) is 0.326. The third kappa shape index (κ3) is 9.20. The van der Waals surface area contributed by atoms with E-state index < -0.39 is 0 Å². The number of rotatable bonds is 13. The molecule has 0 bridgehead atoms. The largest absolute Gasteiger partial charge is 0.396 e. The van der Waals surface area contributed by atoms with Crippen LogP contribution in [0.1, 0.15) is 68.8 Å². The highest BCUT2D eigenvalue weighted by Crippen LogP contribution is 2.07. The van der Waals surface area contributed by atoms with E-state index in [4.69, 9.17) is 9.68 Å². The van der Waals surface area contributed by atoms with E-state index in [2.05, 4.69) is 22.6 Å². The smallest absolute Gasteiger partial charge is 0.251 e. The number of carbonyl (C=O) groups is 1. The van der Waals surface area contributed by atoms with Crippen LogP contribution < -0.4 is 5.32 Å². The van der Waals surface area contributed by atoms with Crippen LogP contribution in [0.2, 0.25) is 0 Å². The Morgan fingerprint density at radius 3 is 2.42 bits per heavy atom. The van der Waals surface area contributed by atoms with Crippen LogP contribution in [-0.4, -0.2) is 37.6 Å². The van der Waals surface area contributed by atoms with Crippen molar-refractivity contribution in [2.75, 3.05) is 19.8 Å². The standard InChI is InChI=1S/C20H31N3O3/c1-4-6-7-14-21-20(24)19-11-9-18(10-12-19)17(3)23-26-16-8-15-25-22-13-5-2/h9-13H,4-8,14-16H2,1-3H3,(H,21,24)/b22-13+,23-17+. The lowest BCUT2D eigenvalue weighted by atomic mass is 10.1. The fraction of sp³-hybridized carbons (Fsp3) is 0.550. The van der Waals surface area contributed by atoms with E-state index in [1.54, 1.807) is 6.21 Å². The van der Waals surface area contributed by atoms with Crippen molar-refractivity contribution in [3.8, 4) is 0 Å². The molecule has 0 saturated carbocycles. The van der Waals surface area contributed by atoms with E-state index >= 15 is 0 Å². The fourth-order valence-corrected chi connectivity index (χ4v) is 2.10. The first-order chi connectivity index (χ1) is 12.7. The van der Waals surface area contributed by atoms with Gasteiger partial charge in [-0.3, -0.25) is 4.79 Å². The molecule has 0 heterocycles. The second-order valence-electron chi connectivity index (χ2n) is 5.93. The molecule has 6 nitrogen and oxygen atoms in total. The molecule has 0 unspecified atom stereocenters. The topological polar surface area (TPSA) is 72.3 Å². The Labute approximate surface area is 156 Å². The number of unbranched alkanes of at least 4 members (excludes halogenated alkanes) is 2. The summed E-state index contributed by atoms with van der Waals surface area (Å²) in [6.07, 6.45) is 6.59. The molecule has 0 atom stereocenters. The average Bonchev–Trinajstić information content (AvgIpc) is 2.67. The molecule has 1 N–H and O–H groups in total. The Morgan fingerprint density at radius 2 is 1.73 bits per heavy atom. The highest BCUT2D eigenvalue weighted by atomic mass is 16.6. The van der Waals surface area contributed by atoms with Crippen LogP contribution in [0.15, 0.2) is 34.6 Å². The van der Waals surface area contributed by atoms with Crippen molar-refractivity contribution in [1.29, 1.82) is 0 Å². The van der Waals surface area contributed by atoms with Crippen LogP contribution in [-0.2, 0) is 9.68 Å². The van der Waals surface area contributed by atoms with Crippen molar-refractivity contribution in [2.45, 2.75) is 52.9 Å². The van der Waals surface area contributed by atoms with Gasteiger partial charge in [0.15, 0.2) is 0 Å². The zero-order valence-electron chi connectivity index (χ0n) is 16.2. The van der Waals surface area contributed by atoms with Crippen LogP contribution >= 0.6 is 0 Å². The minimum atomic E-state index is -0.0378. The molecule has 1 amide bonds. The maximum Gasteiger partial charge on any atom is 0.251 e. The van der Waals surface area contributed by atoms with Crippen LogP contribution in [0.25, 0.3) is 0 Å². The van der Waals surface area contributed by atoms with E-state index in [1.165, 1.54) is 0 Å². The third-order valence-electron chi connectivity index (χ3n) is 3.64. The van der Waals surface area contributed by atoms with E-state index in [0.717, 1.165) is 49.9 Å². The molecule has 0 spiro atoms. The van der Waals surface area contributed by atoms with Crippen molar-refractivity contribution >= 4 is 17.8 Å². The molecule has 144 valence electrons. The summed E-state index contributed by atoms with van der Waals surface area (Å²) in [5.74, 6) is -0.0378. The maximum absolute atomic E-state index is 12.0. The van der Waals surface area contributed by atoms with E-state index in [1.807, 2.05) is 38.1 Å². The molecule has 1 rings (SSSR count). The summed E-state index contributed by atoms with van der Waals surface area (Å²) in [6.45, 7) is 7.71. The van der Waals surface area contributed by atoms with Crippen molar-refractivity contribution in [1.82, 2.24) is 5.32 Å². The summed E-state index contributed by atoms with van der Waals surface area (Å²) in [6, 6.07) is 7.38. The third-order valence-corrected chi connectivity index (χ3v) is 3.64. The number of amides is 1. The van der Waals surface area contributed by atoms with Crippen molar-refractivity contribution in [3.05, 3.63) is 35.4 Å². The van der Waals surface area contributed by atoms with Crippen LogP contribution in [0.4, 0.5) is 0 Å². The van der Waals surface area contributed by atoms with Gasteiger partial charge in [-0.2, -0.15) is 0 Å². The second kappa shape index (κ2) is 13.9. The van der Waals surface area contributed by atoms with Gasteiger partial charge in [-0.15, -0.1) is 0 Å². The summed E-state index contributed by atoms with van der Waals surface area (Å²) < 4.78 is 0. The molecular weight excluding hydrogens is 330 g/mol. The minimum absolute atomic E-state index is 0.0378. The Hall–Kier alpha value is -2.37. The molecule has 1 aromatic rings. The predicted molar refractivity (Wildman–Crippen MR) is 106 cm³/mol. The zero-order chi connectivity index (χ0) is 19.0. The molecule has 0 aliphatic heterocycles. The van der Waals surface area contributed by atoms with Gasteiger partial charge in [0, 0.05) is 24.7 Å². The summed E-state index contributed by atoms with van der Waals surface area (Å²) >= 11 is 0. The number of oxime groups is 2. The first-order valence-electron chi connectivity index (χ1n) is 9.38. The second-order valence-corrected chi connectivity index (χ2v) is 5.93. The Bertz CT molecular complexity index is 568. The molecule has 26 heavy (non-hydrogen) atoms. The van der Waals surface area contributed by atoms with E-state index in [-0.39, 0.29) is 5.91 Å². The van der Waals surface area contributed by atoms with Gasteiger partial charge in [0.1, 0.15) is 13.2 Å². The molecule has 0 saturated heterocycles. The summed E-state index contributed by atoms with van der Waals surface area (Å²) in [7, 11) is 0. The molecular formula is C20H31N3O3. The highest BCUT2D eigenvalue weighted by molar-refractivity contribution is 6.00. The molecule has 0 aromatic heterocycles. The number of carbonyl (C=O) groups excluding carboxylic acids is 1. The summed E-state index contributed by atoms with van der Waals surface area (Å²) in [5.41, 5.74) is 2.35. The number of nitrogens with zero attached hydrogens (tertiary/aromatic N) is 2.